The number of hydrogen-bond donors (Lipinski definition) is 0. The third-order valence-electron chi connectivity index (χ3n) is 5.31. The summed E-state index contributed by atoms with van der Waals surface area (Å²) >= 11 is 0. The van der Waals surface area contributed by atoms with E-state index in [1.165, 1.54) is 0 Å². The summed E-state index contributed by atoms with van der Waals surface area (Å²) in [6.07, 6.45) is 0. The zero-order valence-electron chi connectivity index (χ0n) is 17.4. The lowest BCUT2D eigenvalue weighted by Gasteiger charge is -2.10. The molecule has 0 fully saturated rings. The molecule has 0 bridgehead atoms. The van der Waals surface area contributed by atoms with Crippen molar-refractivity contribution >= 4 is 17.0 Å². The average molecular weight is 440 g/mol. The van der Waals surface area contributed by atoms with Crippen molar-refractivity contribution in [2.24, 2.45) is 0 Å². The molecule has 0 saturated heterocycles. The predicted octanol–water partition coefficient (Wildman–Crippen LogP) is 6.25. The van der Waals surface area contributed by atoms with Gasteiger partial charge in [0, 0.05) is 12.1 Å². The molecule has 4 aromatic carbocycles. The van der Waals surface area contributed by atoms with Crippen molar-refractivity contribution < 1.29 is 18.3 Å². The van der Waals surface area contributed by atoms with Crippen LogP contribution in [0.25, 0.3) is 22.4 Å². The summed E-state index contributed by atoms with van der Waals surface area (Å²) in [5, 5.41) is 0. The Morgan fingerprint density at radius 1 is 0.848 bits per heavy atom. The summed E-state index contributed by atoms with van der Waals surface area (Å²) in [6.45, 7) is 0.645. The van der Waals surface area contributed by atoms with Crippen molar-refractivity contribution in [3.63, 3.8) is 0 Å². The summed E-state index contributed by atoms with van der Waals surface area (Å²) in [6, 6.07) is 27.5. The Kier molecular flexibility index (Phi) is 5.40. The lowest BCUT2D eigenvalue weighted by molar-refractivity contribution is 0.0729. The zero-order valence-corrected chi connectivity index (χ0v) is 17.4. The van der Waals surface area contributed by atoms with E-state index in [-0.39, 0.29) is 5.75 Å². The number of hydrogen-bond acceptors (Lipinski definition) is 3. The number of benzene rings is 4. The molecule has 0 atom stereocenters. The van der Waals surface area contributed by atoms with Crippen LogP contribution in [0.1, 0.15) is 15.9 Å². The number of carbonyl (C=O) groups excluding carboxylic acids is 1. The molecule has 1 aromatic heterocycles. The van der Waals surface area contributed by atoms with Crippen LogP contribution >= 0.6 is 0 Å². The van der Waals surface area contributed by atoms with Gasteiger partial charge < -0.3 is 9.30 Å². The molecule has 162 valence electrons. The van der Waals surface area contributed by atoms with Crippen LogP contribution in [0.3, 0.4) is 0 Å². The van der Waals surface area contributed by atoms with E-state index in [1.54, 1.807) is 24.3 Å². The molecule has 0 saturated carbocycles. The molecule has 0 unspecified atom stereocenters. The predicted molar refractivity (Wildman–Crippen MR) is 122 cm³/mol. The SMILES string of the molecule is O=C(Oc1ccc(-c2nc3ccccc3n2Cc2ccccc2)cc1)c1cc(F)ccc1F. The zero-order chi connectivity index (χ0) is 22.8. The van der Waals surface area contributed by atoms with Crippen molar-refractivity contribution in [1.82, 2.24) is 9.55 Å². The lowest BCUT2D eigenvalue weighted by Crippen LogP contribution is -2.11. The normalized spacial score (nSPS) is 11.0. The van der Waals surface area contributed by atoms with Crippen LogP contribution in [0.15, 0.2) is 97.1 Å². The second-order valence-electron chi connectivity index (χ2n) is 7.53. The third kappa shape index (κ3) is 4.23. The molecule has 33 heavy (non-hydrogen) atoms. The van der Waals surface area contributed by atoms with Gasteiger partial charge in [0.05, 0.1) is 16.6 Å². The van der Waals surface area contributed by atoms with Crippen LogP contribution < -0.4 is 4.74 Å². The number of imidazole rings is 1. The topological polar surface area (TPSA) is 44.1 Å². The number of nitrogens with zero attached hydrogens (tertiary/aromatic N) is 2. The molecular weight excluding hydrogens is 422 g/mol. The van der Waals surface area contributed by atoms with Gasteiger partial charge in [0.2, 0.25) is 0 Å². The van der Waals surface area contributed by atoms with Gasteiger partial charge in [-0.1, -0.05) is 42.5 Å². The van der Waals surface area contributed by atoms with E-state index >= 15 is 0 Å². The van der Waals surface area contributed by atoms with Crippen LogP contribution in [0.2, 0.25) is 0 Å². The summed E-state index contributed by atoms with van der Waals surface area (Å²) in [4.78, 5) is 17.1. The molecular formula is C27H18F2N2O2. The van der Waals surface area contributed by atoms with Gasteiger partial charge in [-0.05, 0) is 60.2 Å². The molecule has 0 N–H and O–H groups in total. The fraction of sp³-hybridized carbons (Fsp3) is 0.0370. The Morgan fingerprint density at radius 3 is 2.36 bits per heavy atom. The van der Waals surface area contributed by atoms with Gasteiger partial charge in [-0.25, -0.2) is 18.6 Å². The second kappa shape index (κ2) is 8.67. The van der Waals surface area contributed by atoms with Crippen molar-refractivity contribution in [3.05, 3.63) is 120 Å². The molecule has 0 amide bonds. The Hall–Kier alpha value is -4.32. The number of carbonyl (C=O) groups is 1. The molecule has 4 nitrogen and oxygen atoms in total. The monoisotopic (exact) mass is 440 g/mol. The number of aromatic nitrogens is 2. The highest BCUT2D eigenvalue weighted by Crippen LogP contribution is 2.28. The largest absolute Gasteiger partial charge is 0.423 e. The first-order valence-electron chi connectivity index (χ1n) is 10.4. The first kappa shape index (κ1) is 20.6. The van der Waals surface area contributed by atoms with Crippen LogP contribution in [0.4, 0.5) is 8.78 Å². The number of halogens is 2. The summed E-state index contributed by atoms with van der Waals surface area (Å²) in [5.74, 6) is -1.52. The molecule has 0 aliphatic heterocycles. The van der Waals surface area contributed by atoms with Gasteiger partial charge >= 0.3 is 5.97 Å². The van der Waals surface area contributed by atoms with Gasteiger partial charge in [-0.3, -0.25) is 0 Å². The number of rotatable bonds is 5. The van der Waals surface area contributed by atoms with E-state index in [9.17, 15) is 13.6 Å². The number of esters is 1. The number of ether oxygens (including phenoxy) is 1. The number of para-hydroxylation sites is 2. The third-order valence-corrected chi connectivity index (χ3v) is 5.31. The lowest BCUT2D eigenvalue weighted by atomic mass is 10.1. The summed E-state index contributed by atoms with van der Waals surface area (Å²) in [5.41, 5.74) is 3.40. The molecule has 0 radical (unpaired) electrons. The Morgan fingerprint density at radius 2 is 1.58 bits per heavy atom. The standard InChI is InChI=1S/C27H18F2N2O2/c28-20-12-15-23(29)22(16-20)27(32)33-21-13-10-19(11-14-21)26-30-24-8-4-5-9-25(24)31(26)17-18-6-2-1-3-7-18/h1-16H,17H2. The highest BCUT2D eigenvalue weighted by Gasteiger charge is 2.17. The van der Waals surface area contributed by atoms with Gasteiger partial charge in [-0.2, -0.15) is 0 Å². The first-order valence-corrected chi connectivity index (χ1v) is 10.4. The highest BCUT2D eigenvalue weighted by molar-refractivity contribution is 5.91. The maximum Gasteiger partial charge on any atom is 0.346 e. The van der Waals surface area contributed by atoms with Gasteiger partial charge in [-0.15, -0.1) is 0 Å². The fourth-order valence-corrected chi connectivity index (χ4v) is 3.71. The van der Waals surface area contributed by atoms with Crippen molar-refractivity contribution in [1.29, 1.82) is 0 Å². The Bertz CT molecular complexity index is 1440. The van der Waals surface area contributed by atoms with Gasteiger partial charge in [0.1, 0.15) is 23.2 Å². The fourth-order valence-electron chi connectivity index (χ4n) is 3.71. The van der Waals surface area contributed by atoms with Gasteiger partial charge in [0.25, 0.3) is 0 Å². The van der Waals surface area contributed by atoms with E-state index in [0.717, 1.165) is 46.2 Å². The Balaban J connectivity index is 1.45. The molecule has 6 heteroatoms. The van der Waals surface area contributed by atoms with Crippen LogP contribution in [0, 0.1) is 11.6 Å². The Labute approximate surface area is 188 Å². The van der Waals surface area contributed by atoms with Crippen LogP contribution in [-0.4, -0.2) is 15.5 Å². The van der Waals surface area contributed by atoms with Gasteiger partial charge in [0.15, 0.2) is 0 Å². The first-order chi connectivity index (χ1) is 16.1. The minimum Gasteiger partial charge on any atom is -0.423 e. The second-order valence-corrected chi connectivity index (χ2v) is 7.53. The summed E-state index contributed by atoms with van der Waals surface area (Å²) in [7, 11) is 0. The molecule has 0 aliphatic rings. The minimum absolute atomic E-state index is 0.220. The minimum atomic E-state index is -0.962. The number of fused-ring (bicyclic) bond motifs is 1. The van der Waals surface area contributed by atoms with E-state index in [4.69, 9.17) is 9.72 Å². The maximum absolute atomic E-state index is 13.9. The smallest absolute Gasteiger partial charge is 0.346 e. The molecule has 5 aromatic rings. The van der Waals surface area contributed by atoms with E-state index in [2.05, 4.69) is 16.7 Å². The van der Waals surface area contributed by atoms with Crippen molar-refractivity contribution in [3.8, 4) is 17.1 Å². The van der Waals surface area contributed by atoms with Crippen LogP contribution in [0.5, 0.6) is 5.75 Å². The quantitative estimate of drug-likeness (QED) is 0.240. The molecule has 1 heterocycles. The van der Waals surface area contributed by atoms with E-state index in [1.807, 2.05) is 42.5 Å². The summed E-state index contributed by atoms with van der Waals surface area (Å²) < 4.78 is 34.6. The van der Waals surface area contributed by atoms with E-state index in [0.29, 0.717) is 6.54 Å². The maximum atomic E-state index is 13.9. The highest BCUT2D eigenvalue weighted by atomic mass is 19.1. The molecule has 0 spiro atoms. The van der Waals surface area contributed by atoms with Crippen molar-refractivity contribution in [2.45, 2.75) is 6.54 Å². The van der Waals surface area contributed by atoms with E-state index < -0.39 is 23.2 Å². The molecule has 0 aliphatic carbocycles. The van der Waals surface area contributed by atoms with Crippen LogP contribution in [-0.2, 0) is 6.54 Å². The average Bonchev–Trinajstić information content (AvgIpc) is 3.20. The molecule has 5 rings (SSSR count). The van der Waals surface area contributed by atoms with Crippen molar-refractivity contribution in [2.75, 3.05) is 0 Å².